The average molecular weight is 503 g/mol. The van der Waals surface area contributed by atoms with Gasteiger partial charge in [-0.05, 0) is 41.5 Å². The first-order chi connectivity index (χ1) is 17.0. The summed E-state index contributed by atoms with van der Waals surface area (Å²) < 4.78 is 1.81. The summed E-state index contributed by atoms with van der Waals surface area (Å²) in [6.45, 7) is 0.684. The van der Waals surface area contributed by atoms with Crippen molar-refractivity contribution in [2.75, 3.05) is 0 Å². The first kappa shape index (κ1) is 22.9. The summed E-state index contributed by atoms with van der Waals surface area (Å²) in [6, 6.07) is 23.8. The first-order valence-electron chi connectivity index (χ1n) is 10.9. The summed E-state index contributed by atoms with van der Waals surface area (Å²) in [7, 11) is 0. The van der Waals surface area contributed by atoms with Gasteiger partial charge in [0.2, 0.25) is 0 Å². The number of amides is 3. The Labute approximate surface area is 212 Å². The molecule has 1 N–H and O–H groups in total. The minimum Gasteiger partial charge on any atom is -0.303 e. The van der Waals surface area contributed by atoms with Gasteiger partial charge in [-0.2, -0.15) is 5.10 Å². The molecule has 174 valence electrons. The fourth-order valence-electron chi connectivity index (χ4n) is 3.86. The van der Waals surface area contributed by atoms with Gasteiger partial charge in [0.05, 0.1) is 18.8 Å². The summed E-state index contributed by atoms with van der Waals surface area (Å²) in [5.74, 6) is -0.394. The number of carbonyl (C=O) groups excluding carboxylic acids is 2. The molecule has 0 bridgehead atoms. The average Bonchev–Trinajstić information content (AvgIpc) is 3.38. The highest BCUT2D eigenvalue weighted by molar-refractivity contribution is 6.30. The number of hydrogen-bond acceptors (Lipinski definition) is 3. The van der Waals surface area contributed by atoms with E-state index >= 15 is 0 Å². The highest BCUT2D eigenvalue weighted by Gasteiger charge is 2.33. The quantitative estimate of drug-likeness (QED) is 0.259. The second-order valence-electron chi connectivity index (χ2n) is 8.13. The summed E-state index contributed by atoms with van der Waals surface area (Å²) in [6.07, 6.45) is 3.54. The van der Waals surface area contributed by atoms with Crippen LogP contribution in [0.4, 0.5) is 4.79 Å². The van der Waals surface area contributed by atoms with E-state index in [9.17, 15) is 9.59 Å². The van der Waals surface area contributed by atoms with Crippen LogP contribution in [0.1, 0.15) is 16.7 Å². The van der Waals surface area contributed by atoms with Crippen molar-refractivity contribution in [1.82, 2.24) is 20.0 Å². The number of urea groups is 1. The lowest BCUT2D eigenvalue weighted by molar-refractivity contribution is -0.123. The number of imide groups is 1. The standard InChI is InChI=1S/C27H20Cl2N4O2/c28-22-10-6-18(7-11-22)15-32-17-21(25(31-32)20-4-2-1-3-5-20)14-24-26(34)33(27(35)30-24)16-19-8-12-23(29)13-9-19/h1-14,17H,15-16H2,(H,30,35). The van der Waals surface area contributed by atoms with Crippen LogP contribution in [0.5, 0.6) is 0 Å². The Kier molecular flexibility index (Phi) is 6.40. The number of aromatic nitrogens is 2. The molecule has 0 atom stereocenters. The maximum absolute atomic E-state index is 13.1. The van der Waals surface area contributed by atoms with Gasteiger partial charge < -0.3 is 5.32 Å². The minimum absolute atomic E-state index is 0.153. The van der Waals surface area contributed by atoms with Crippen molar-refractivity contribution in [3.63, 3.8) is 0 Å². The second kappa shape index (κ2) is 9.78. The molecule has 1 saturated heterocycles. The Bertz CT molecular complexity index is 1410. The summed E-state index contributed by atoms with van der Waals surface area (Å²) in [5.41, 5.74) is 4.39. The molecule has 8 heteroatoms. The fraction of sp³-hybridized carbons (Fsp3) is 0.0741. The molecule has 1 aromatic heterocycles. The lowest BCUT2D eigenvalue weighted by Crippen LogP contribution is -2.30. The van der Waals surface area contributed by atoms with Crippen LogP contribution in [0.2, 0.25) is 10.0 Å². The normalized spacial score (nSPS) is 14.6. The van der Waals surface area contributed by atoms with Crippen molar-refractivity contribution in [2.45, 2.75) is 13.1 Å². The van der Waals surface area contributed by atoms with Gasteiger partial charge in [0.15, 0.2) is 0 Å². The maximum atomic E-state index is 13.1. The molecule has 0 spiro atoms. The van der Waals surface area contributed by atoms with Crippen molar-refractivity contribution < 1.29 is 9.59 Å². The summed E-state index contributed by atoms with van der Waals surface area (Å²) in [5, 5.41) is 8.73. The molecule has 3 aromatic carbocycles. The molecule has 3 amide bonds. The van der Waals surface area contributed by atoms with Gasteiger partial charge >= 0.3 is 6.03 Å². The Morgan fingerprint density at radius 3 is 2.03 bits per heavy atom. The largest absolute Gasteiger partial charge is 0.329 e. The van der Waals surface area contributed by atoms with Gasteiger partial charge in [0.25, 0.3) is 5.91 Å². The van der Waals surface area contributed by atoms with E-state index in [4.69, 9.17) is 28.3 Å². The van der Waals surface area contributed by atoms with Crippen molar-refractivity contribution in [3.8, 4) is 11.3 Å². The molecule has 4 aromatic rings. The van der Waals surface area contributed by atoms with E-state index in [0.717, 1.165) is 22.3 Å². The molecular weight excluding hydrogens is 483 g/mol. The van der Waals surface area contributed by atoms with Crippen LogP contribution >= 0.6 is 23.2 Å². The first-order valence-corrected chi connectivity index (χ1v) is 11.7. The molecule has 0 radical (unpaired) electrons. The third kappa shape index (κ3) is 5.14. The smallest absolute Gasteiger partial charge is 0.303 e. The van der Waals surface area contributed by atoms with E-state index in [1.54, 1.807) is 30.3 Å². The third-order valence-electron chi connectivity index (χ3n) is 5.61. The molecule has 0 aliphatic carbocycles. The number of hydrogen-bond donors (Lipinski definition) is 1. The zero-order valence-corrected chi connectivity index (χ0v) is 20.0. The van der Waals surface area contributed by atoms with Crippen LogP contribution in [-0.2, 0) is 17.9 Å². The predicted molar refractivity (Wildman–Crippen MR) is 137 cm³/mol. The third-order valence-corrected chi connectivity index (χ3v) is 6.12. The minimum atomic E-state index is -0.467. The number of nitrogens with one attached hydrogen (secondary N) is 1. The van der Waals surface area contributed by atoms with Crippen molar-refractivity contribution in [2.24, 2.45) is 0 Å². The zero-order chi connectivity index (χ0) is 24.4. The van der Waals surface area contributed by atoms with Crippen molar-refractivity contribution in [1.29, 1.82) is 0 Å². The van der Waals surface area contributed by atoms with E-state index in [2.05, 4.69) is 5.32 Å². The molecule has 0 unspecified atom stereocenters. The Balaban J connectivity index is 1.45. The molecule has 35 heavy (non-hydrogen) atoms. The van der Waals surface area contributed by atoms with Crippen LogP contribution in [0, 0.1) is 0 Å². The van der Waals surface area contributed by atoms with Gasteiger partial charge in [-0.1, -0.05) is 77.8 Å². The highest BCUT2D eigenvalue weighted by atomic mass is 35.5. The molecule has 0 saturated carbocycles. The number of halogens is 2. The van der Waals surface area contributed by atoms with Crippen LogP contribution in [0.15, 0.2) is 90.8 Å². The van der Waals surface area contributed by atoms with E-state index in [0.29, 0.717) is 22.3 Å². The summed E-state index contributed by atoms with van der Waals surface area (Å²) >= 11 is 11.9. The molecule has 6 nitrogen and oxygen atoms in total. The van der Waals surface area contributed by atoms with Crippen molar-refractivity contribution >= 4 is 41.2 Å². The lowest BCUT2D eigenvalue weighted by Gasteiger charge is -2.11. The number of nitrogens with zero attached hydrogens (tertiary/aromatic N) is 3. The zero-order valence-electron chi connectivity index (χ0n) is 18.5. The topological polar surface area (TPSA) is 67.2 Å². The molecule has 1 aliphatic rings. The monoisotopic (exact) mass is 502 g/mol. The number of rotatable bonds is 6. The predicted octanol–water partition coefficient (Wildman–Crippen LogP) is 6.00. The lowest BCUT2D eigenvalue weighted by atomic mass is 10.1. The highest BCUT2D eigenvalue weighted by Crippen LogP contribution is 2.26. The molecular formula is C27H20Cl2N4O2. The summed E-state index contributed by atoms with van der Waals surface area (Å²) in [4.78, 5) is 26.8. The Morgan fingerprint density at radius 1 is 0.800 bits per heavy atom. The van der Waals surface area contributed by atoms with Crippen LogP contribution in [0.25, 0.3) is 17.3 Å². The van der Waals surface area contributed by atoms with Crippen LogP contribution < -0.4 is 5.32 Å². The van der Waals surface area contributed by atoms with Gasteiger partial charge in [-0.3, -0.25) is 14.4 Å². The Hall–Kier alpha value is -3.87. The van der Waals surface area contributed by atoms with Crippen LogP contribution in [-0.4, -0.2) is 26.6 Å². The van der Waals surface area contributed by atoms with Gasteiger partial charge in [0, 0.05) is 27.4 Å². The molecule has 5 rings (SSSR count). The molecule has 2 heterocycles. The van der Waals surface area contributed by atoms with Crippen molar-refractivity contribution in [3.05, 3.63) is 117 Å². The van der Waals surface area contributed by atoms with E-state index in [1.807, 2.05) is 65.5 Å². The Morgan fingerprint density at radius 2 is 1.40 bits per heavy atom. The molecule has 1 fully saturated rings. The number of carbonyl (C=O) groups is 2. The van der Waals surface area contributed by atoms with Gasteiger partial charge in [-0.15, -0.1) is 0 Å². The van der Waals surface area contributed by atoms with Gasteiger partial charge in [-0.25, -0.2) is 4.79 Å². The maximum Gasteiger partial charge on any atom is 0.329 e. The van der Waals surface area contributed by atoms with Crippen LogP contribution in [0.3, 0.4) is 0 Å². The second-order valence-corrected chi connectivity index (χ2v) is 9.00. The fourth-order valence-corrected chi connectivity index (χ4v) is 4.12. The van der Waals surface area contributed by atoms with E-state index < -0.39 is 11.9 Å². The number of benzene rings is 3. The SMILES string of the molecule is O=C1NC(=Cc2cn(Cc3ccc(Cl)cc3)nc2-c2ccccc2)C(=O)N1Cc1ccc(Cl)cc1. The van der Waals surface area contributed by atoms with Gasteiger partial charge in [0.1, 0.15) is 5.70 Å². The van der Waals surface area contributed by atoms with E-state index in [1.165, 1.54) is 4.90 Å². The molecule has 1 aliphatic heterocycles. The van der Waals surface area contributed by atoms with E-state index in [-0.39, 0.29) is 12.2 Å².